The van der Waals surface area contributed by atoms with Gasteiger partial charge in [0.05, 0.1) is 27.2 Å². The number of alkyl halides is 2. The van der Waals surface area contributed by atoms with Gasteiger partial charge in [-0.25, -0.2) is 0 Å². The van der Waals surface area contributed by atoms with Gasteiger partial charge in [-0.1, -0.05) is 58.5 Å². The van der Waals surface area contributed by atoms with Crippen molar-refractivity contribution in [2.24, 2.45) is 5.92 Å². The molecule has 4 nitrogen and oxygen atoms in total. The van der Waals surface area contributed by atoms with E-state index in [1.165, 1.54) is 12.1 Å². The zero-order valence-electron chi connectivity index (χ0n) is 16.5. The van der Waals surface area contributed by atoms with E-state index in [9.17, 15) is 9.59 Å². The molecule has 1 saturated carbocycles. The molecule has 0 aromatic heterocycles. The highest BCUT2D eigenvalue weighted by Gasteiger charge is 2.67. The molecule has 4 rings (SSSR count). The Labute approximate surface area is 220 Å². The summed E-state index contributed by atoms with van der Waals surface area (Å²) < 4.78 is -1.32. The van der Waals surface area contributed by atoms with Crippen LogP contribution in [0.5, 0.6) is 0 Å². The van der Waals surface area contributed by atoms with Crippen molar-refractivity contribution in [3.05, 3.63) is 91.9 Å². The first-order chi connectivity index (χ1) is 15.6. The minimum Gasteiger partial charge on any atom is -0.326 e. The van der Waals surface area contributed by atoms with Gasteiger partial charge in [-0.3, -0.25) is 9.59 Å². The van der Waals surface area contributed by atoms with E-state index in [-0.39, 0.29) is 10.6 Å². The number of amides is 2. The van der Waals surface area contributed by atoms with E-state index < -0.39 is 28.0 Å². The van der Waals surface area contributed by atoms with Crippen molar-refractivity contribution in [3.8, 4) is 0 Å². The van der Waals surface area contributed by atoms with E-state index in [1.807, 2.05) is 0 Å². The van der Waals surface area contributed by atoms with Gasteiger partial charge in [0.1, 0.15) is 4.33 Å². The van der Waals surface area contributed by atoms with Gasteiger partial charge in [-0.05, 0) is 54.1 Å². The molecule has 0 saturated heterocycles. The Morgan fingerprint density at radius 3 is 2.12 bits per heavy atom. The van der Waals surface area contributed by atoms with E-state index in [2.05, 4.69) is 10.6 Å². The van der Waals surface area contributed by atoms with Gasteiger partial charge in [-0.15, -0.1) is 23.2 Å². The van der Waals surface area contributed by atoms with Crippen LogP contribution in [0.1, 0.15) is 21.8 Å². The summed E-state index contributed by atoms with van der Waals surface area (Å²) in [5, 5.41) is 6.87. The molecule has 2 amide bonds. The Morgan fingerprint density at radius 1 is 0.788 bits per heavy atom. The second kappa shape index (κ2) is 9.53. The third-order valence-corrected chi connectivity index (χ3v) is 7.22. The number of carbonyl (C=O) groups excluding carboxylic acids is 2. The van der Waals surface area contributed by atoms with Crippen LogP contribution in [0.3, 0.4) is 0 Å². The molecule has 0 radical (unpaired) electrons. The fraction of sp³-hybridized carbons (Fsp3) is 0.130. The van der Waals surface area contributed by atoms with Gasteiger partial charge >= 0.3 is 0 Å². The maximum Gasteiger partial charge on any atom is 0.257 e. The standard InChI is InChI=1S/C23H14Cl6N2O2/c24-12-7-11(8-13(25)9-12)19-20(23(19,28)29)22(33)30-14-5-6-16(26)15(10-14)21(32)31-18-4-2-1-3-17(18)27/h1-10,19-20H,(H,30,33)(H,31,32)/t19-,20+/m0/s1. The highest BCUT2D eigenvalue weighted by atomic mass is 35.5. The van der Waals surface area contributed by atoms with Crippen LogP contribution in [0.2, 0.25) is 20.1 Å². The molecule has 0 heterocycles. The molecular weight excluding hydrogens is 549 g/mol. The summed E-state index contributed by atoms with van der Waals surface area (Å²) in [6.45, 7) is 0. The van der Waals surface area contributed by atoms with Crippen molar-refractivity contribution < 1.29 is 9.59 Å². The fourth-order valence-corrected chi connectivity index (χ4v) is 5.33. The van der Waals surface area contributed by atoms with E-state index in [4.69, 9.17) is 69.6 Å². The molecule has 10 heteroatoms. The van der Waals surface area contributed by atoms with Crippen molar-refractivity contribution in [1.82, 2.24) is 0 Å². The van der Waals surface area contributed by atoms with Gasteiger partial charge in [0.15, 0.2) is 0 Å². The predicted molar refractivity (Wildman–Crippen MR) is 137 cm³/mol. The summed E-state index contributed by atoms with van der Waals surface area (Å²) >= 11 is 37.3. The Balaban J connectivity index is 1.52. The average Bonchev–Trinajstić information content (AvgIpc) is 3.32. The van der Waals surface area contributed by atoms with E-state index in [0.29, 0.717) is 32.0 Å². The molecule has 1 fully saturated rings. The smallest absolute Gasteiger partial charge is 0.257 e. The minimum atomic E-state index is -1.32. The zero-order valence-corrected chi connectivity index (χ0v) is 21.0. The van der Waals surface area contributed by atoms with E-state index in [0.717, 1.165) is 0 Å². The van der Waals surface area contributed by atoms with Crippen molar-refractivity contribution in [1.29, 1.82) is 0 Å². The van der Waals surface area contributed by atoms with Crippen LogP contribution < -0.4 is 10.6 Å². The second-order valence-electron chi connectivity index (χ2n) is 7.45. The first-order valence-corrected chi connectivity index (χ1v) is 11.8. The van der Waals surface area contributed by atoms with Gasteiger partial charge in [0.25, 0.3) is 5.91 Å². The quantitative estimate of drug-likeness (QED) is 0.309. The zero-order chi connectivity index (χ0) is 23.9. The largest absolute Gasteiger partial charge is 0.326 e. The molecule has 3 aromatic rings. The summed E-state index contributed by atoms with van der Waals surface area (Å²) in [6.07, 6.45) is 0. The molecule has 1 aliphatic carbocycles. The van der Waals surface area contributed by atoms with Crippen molar-refractivity contribution in [2.45, 2.75) is 10.3 Å². The Morgan fingerprint density at radius 2 is 1.45 bits per heavy atom. The molecule has 2 atom stereocenters. The lowest BCUT2D eigenvalue weighted by Gasteiger charge is -2.11. The first kappa shape index (κ1) is 24.5. The number of hydrogen-bond donors (Lipinski definition) is 2. The highest BCUT2D eigenvalue weighted by molar-refractivity contribution is 6.53. The number of hydrogen-bond acceptors (Lipinski definition) is 2. The van der Waals surface area contributed by atoms with Crippen LogP contribution in [0.25, 0.3) is 0 Å². The Hall–Kier alpha value is -1.66. The first-order valence-electron chi connectivity index (χ1n) is 9.58. The third-order valence-electron chi connectivity index (χ3n) is 5.18. The van der Waals surface area contributed by atoms with Crippen LogP contribution in [0.4, 0.5) is 11.4 Å². The van der Waals surface area contributed by atoms with Crippen LogP contribution in [-0.4, -0.2) is 16.1 Å². The molecule has 170 valence electrons. The third kappa shape index (κ3) is 5.22. The minimum absolute atomic E-state index is 0.159. The van der Waals surface area contributed by atoms with Crippen LogP contribution in [-0.2, 0) is 4.79 Å². The number of nitrogens with one attached hydrogen (secondary N) is 2. The highest BCUT2D eigenvalue weighted by Crippen LogP contribution is 2.65. The summed E-state index contributed by atoms with van der Waals surface area (Å²) in [7, 11) is 0. The van der Waals surface area contributed by atoms with Gasteiger partial charge < -0.3 is 10.6 Å². The lowest BCUT2D eigenvalue weighted by atomic mass is 10.1. The molecule has 1 aliphatic rings. The number of halogens is 6. The van der Waals surface area contributed by atoms with E-state index >= 15 is 0 Å². The summed E-state index contributed by atoms with van der Waals surface area (Å²) in [6, 6.07) is 16.3. The van der Waals surface area contributed by atoms with E-state index in [1.54, 1.807) is 48.5 Å². The van der Waals surface area contributed by atoms with Crippen LogP contribution in [0, 0.1) is 5.92 Å². The number of carbonyl (C=O) groups is 2. The van der Waals surface area contributed by atoms with Gasteiger partial charge in [0, 0.05) is 21.7 Å². The second-order valence-corrected chi connectivity index (χ2v) is 10.6. The average molecular weight is 563 g/mol. The molecule has 33 heavy (non-hydrogen) atoms. The van der Waals surface area contributed by atoms with Crippen LogP contribution in [0.15, 0.2) is 60.7 Å². The summed E-state index contributed by atoms with van der Waals surface area (Å²) in [4.78, 5) is 25.7. The maximum absolute atomic E-state index is 12.9. The normalized spacial score (nSPS) is 18.5. The lowest BCUT2D eigenvalue weighted by Crippen LogP contribution is -2.18. The lowest BCUT2D eigenvalue weighted by molar-refractivity contribution is -0.117. The van der Waals surface area contributed by atoms with Crippen molar-refractivity contribution in [2.75, 3.05) is 10.6 Å². The maximum atomic E-state index is 12.9. The fourth-order valence-electron chi connectivity index (χ4n) is 3.57. The van der Waals surface area contributed by atoms with Gasteiger partial charge in [0.2, 0.25) is 5.91 Å². The SMILES string of the molecule is O=C(Nc1ccccc1Cl)c1cc(NC(=O)[C@H]2[C@H](c3cc(Cl)cc(Cl)c3)C2(Cl)Cl)ccc1Cl. The van der Waals surface area contributed by atoms with Crippen LogP contribution >= 0.6 is 69.6 Å². The van der Waals surface area contributed by atoms with Gasteiger partial charge in [-0.2, -0.15) is 0 Å². The molecule has 2 N–H and O–H groups in total. The summed E-state index contributed by atoms with van der Waals surface area (Å²) in [5.74, 6) is -2.13. The topological polar surface area (TPSA) is 58.2 Å². The summed E-state index contributed by atoms with van der Waals surface area (Å²) in [5.41, 5.74) is 1.61. The Kier molecular flexibility index (Phi) is 7.07. The molecule has 0 aliphatic heterocycles. The number of para-hydroxylation sites is 1. The monoisotopic (exact) mass is 560 g/mol. The number of rotatable bonds is 5. The Bertz CT molecular complexity index is 1240. The predicted octanol–water partition coefficient (Wildman–Crippen LogP) is 8.08. The van der Waals surface area contributed by atoms with Crippen molar-refractivity contribution in [3.63, 3.8) is 0 Å². The molecule has 0 bridgehead atoms. The molecule has 0 unspecified atom stereocenters. The molecule has 3 aromatic carbocycles. The van der Waals surface area contributed by atoms with Crippen molar-refractivity contribution >= 4 is 92.8 Å². The number of benzene rings is 3. The number of anilines is 2. The molecule has 0 spiro atoms. The molecular formula is C23H14Cl6N2O2.